The van der Waals surface area contributed by atoms with Crippen molar-refractivity contribution in [2.45, 2.75) is 6.92 Å². The zero-order valence-corrected chi connectivity index (χ0v) is 10.3. The Morgan fingerprint density at radius 3 is 2.44 bits per heavy atom. The number of aliphatic carboxylic acids is 1. The highest BCUT2D eigenvalue weighted by Crippen LogP contribution is 2.02. The molecule has 0 aromatic carbocycles. The molecule has 0 aromatic rings. The third-order valence-electron chi connectivity index (χ3n) is 1.90. The molecule has 0 fully saturated rings. The maximum atomic E-state index is 11.4. The summed E-state index contributed by atoms with van der Waals surface area (Å²) in [6, 6.07) is 0. The van der Waals surface area contributed by atoms with Gasteiger partial charge in [0, 0.05) is 7.11 Å². The minimum atomic E-state index is -3.36. The first-order valence-corrected chi connectivity index (χ1v) is 6.71. The number of carbonyl (C=O) groups is 1. The first kappa shape index (κ1) is 15.3. The van der Waals surface area contributed by atoms with Crippen LogP contribution in [-0.2, 0) is 24.1 Å². The van der Waals surface area contributed by atoms with E-state index in [4.69, 9.17) is 14.6 Å². The monoisotopic (exact) mass is 254 g/mol. The first-order chi connectivity index (χ1) is 7.39. The minimum absolute atomic E-state index is 0.0675. The first-order valence-electron chi connectivity index (χ1n) is 4.89. The van der Waals surface area contributed by atoms with Crippen molar-refractivity contribution in [2.75, 3.05) is 38.4 Å². The van der Waals surface area contributed by atoms with E-state index in [1.165, 1.54) is 14.0 Å². The molecule has 0 aliphatic rings. The molecular weight excluding hydrogens is 236 g/mol. The Balaban J connectivity index is 3.83. The van der Waals surface area contributed by atoms with E-state index in [0.717, 1.165) is 0 Å². The molecule has 7 heteroatoms. The van der Waals surface area contributed by atoms with Gasteiger partial charge in [0.2, 0.25) is 0 Å². The van der Waals surface area contributed by atoms with Crippen molar-refractivity contribution < 1.29 is 27.8 Å². The Morgan fingerprint density at radius 1 is 1.31 bits per heavy atom. The van der Waals surface area contributed by atoms with Gasteiger partial charge in [0.1, 0.15) is 0 Å². The lowest BCUT2D eigenvalue weighted by Crippen LogP contribution is -2.25. The van der Waals surface area contributed by atoms with Crippen LogP contribution in [-0.4, -0.2) is 57.9 Å². The third kappa shape index (κ3) is 7.61. The average molecular weight is 254 g/mol. The Morgan fingerprint density at radius 2 is 1.94 bits per heavy atom. The molecule has 0 saturated heterocycles. The highest BCUT2D eigenvalue weighted by molar-refractivity contribution is 7.91. The molecule has 96 valence electrons. The third-order valence-corrected chi connectivity index (χ3v) is 3.69. The predicted octanol–water partition coefficient (Wildman–Crippen LogP) is -0.215. The summed E-state index contributed by atoms with van der Waals surface area (Å²) < 4.78 is 32.5. The molecule has 1 atom stereocenters. The van der Waals surface area contributed by atoms with E-state index in [2.05, 4.69) is 0 Å². The van der Waals surface area contributed by atoms with Gasteiger partial charge in [0.15, 0.2) is 9.84 Å². The van der Waals surface area contributed by atoms with Crippen LogP contribution in [0.3, 0.4) is 0 Å². The SMILES string of the molecule is COCCOCCS(=O)(=O)CC(C)C(=O)O. The smallest absolute Gasteiger partial charge is 0.307 e. The number of hydrogen-bond acceptors (Lipinski definition) is 5. The summed E-state index contributed by atoms with van der Waals surface area (Å²) in [5.74, 6) is -2.50. The fourth-order valence-electron chi connectivity index (χ4n) is 0.966. The van der Waals surface area contributed by atoms with Gasteiger partial charge < -0.3 is 14.6 Å². The van der Waals surface area contributed by atoms with Gasteiger partial charge in [-0.2, -0.15) is 0 Å². The fraction of sp³-hybridized carbons (Fsp3) is 0.889. The average Bonchev–Trinajstić information content (AvgIpc) is 2.16. The summed E-state index contributed by atoms with van der Waals surface area (Å²) in [7, 11) is -1.84. The molecule has 1 N–H and O–H groups in total. The summed E-state index contributed by atoms with van der Waals surface area (Å²) in [6.45, 7) is 2.18. The van der Waals surface area contributed by atoms with Crippen LogP contribution < -0.4 is 0 Å². The second-order valence-electron chi connectivity index (χ2n) is 3.46. The van der Waals surface area contributed by atoms with Crippen molar-refractivity contribution >= 4 is 15.8 Å². The standard InChI is InChI=1S/C9H18O6S/c1-8(9(10)11)7-16(12,13)6-5-15-4-3-14-2/h8H,3-7H2,1-2H3,(H,10,11). The number of sulfone groups is 1. The molecule has 16 heavy (non-hydrogen) atoms. The normalized spacial score (nSPS) is 13.6. The van der Waals surface area contributed by atoms with Crippen LogP contribution in [0.2, 0.25) is 0 Å². The van der Waals surface area contributed by atoms with E-state index in [1.807, 2.05) is 0 Å². The lowest BCUT2D eigenvalue weighted by Gasteiger charge is -2.08. The number of carboxylic acids is 1. The molecule has 0 aliphatic carbocycles. The van der Waals surface area contributed by atoms with Gasteiger partial charge in [-0.05, 0) is 0 Å². The molecule has 0 spiro atoms. The van der Waals surface area contributed by atoms with Crippen LogP contribution in [0.5, 0.6) is 0 Å². The van der Waals surface area contributed by atoms with Crippen LogP contribution in [0.25, 0.3) is 0 Å². The molecular formula is C9H18O6S. The number of methoxy groups -OCH3 is 1. The maximum absolute atomic E-state index is 11.4. The quantitative estimate of drug-likeness (QED) is 0.572. The molecule has 6 nitrogen and oxygen atoms in total. The van der Waals surface area contributed by atoms with E-state index in [0.29, 0.717) is 13.2 Å². The number of carboxylic acid groups (broad SMARTS) is 1. The Bertz CT molecular complexity index is 297. The molecule has 0 radical (unpaired) electrons. The van der Waals surface area contributed by atoms with E-state index in [1.54, 1.807) is 0 Å². The summed E-state index contributed by atoms with van der Waals surface area (Å²) in [4.78, 5) is 10.5. The van der Waals surface area contributed by atoms with Gasteiger partial charge in [-0.15, -0.1) is 0 Å². The van der Waals surface area contributed by atoms with E-state index < -0.39 is 21.7 Å². The molecule has 0 amide bonds. The summed E-state index contributed by atoms with van der Waals surface area (Å²) in [5, 5.41) is 8.57. The number of ether oxygens (including phenoxy) is 2. The van der Waals surface area contributed by atoms with Crippen LogP contribution >= 0.6 is 0 Å². The number of rotatable bonds is 9. The van der Waals surface area contributed by atoms with Gasteiger partial charge in [0.05, 0.1) is 37.2 Å². The molecule has 1 unspecified atom stereocenters. The molecule has 0 heterocycles. The lowest BCUT2D eigenvalue weighted by molar-refractivity contribution is -0.140. The van der Waals surface area contributed by atoms with Crippen molar-refractivity contribution in [3.63, 3.8) is 0 Å². The molecule has 0 aliphatic heterocycles. The van der Waals surface area contributed by atoms with Crippen molar-refractivity contribution in [2.24, 2.45) is 5.92 Å². The predicted molar refractivity (Wildman–Crippen MR) is 58.1 cm³/mol. The zero-order valence-electron chi connectivity index (χ0n) is 9.51. The van der Waals surface area contributed by atoms with Crippen molar-refractivity contribution in [1.29, 1.82) is 0 Å². The highest BCUT2D eigenvalue weighted by Gasteiger charge is 2.20. The Hall–Kier alpha value is -0.660. The van der Waals surface area contributed by atoms with Crippen molar-refractivity contribution in [3.8, 4) is 0 Å². The molecule has 0 rings (SSSR count). The molecule has 0 aromatic heterocycles. The van der Waals surface area contributed by atoms with Gasteiger partial charge in [0.25, 0.3) is 0 Å². The zero-order chi connectivity index (χ0) is 12.6. The molecule has 0 saturated carbocycles. The van der Waals surface area contributed by atoms with Crippen molar-refractivity contribution in [1.82, 2.24) is 0 Å². The van der Waals surface area contributed by atoms with E-state index in [9.17, 15) is 13.2 Å². The largest absolute Gasteiger partial charge is 0.481 e. The van der Waals surface area contributed by atoms with Gasteiger partial charge >= 0.3 is 5.97 Å². The lowest BCUT2D eigenvalue weighted by atomic mass is 10.2. The second-order valence-corrected chi connectivity index (χ2v) is 5.69. The van der Waals surface area contributed by atoms with Crippen LogP contribution in [0.15, 0.2) is 0 Å². The number of hydrogen-bond donors (Lipinski definition) is 1. The summed E-state index contributed by atoms with van der Waals surface area (Å²) in [5.41, 5.74) is 0. The highest BCUT2D eigenvalue weighted by atomic mass is 32.2. The second kappa shape index (κ2) is 7.59. The van der Waals surface area contributed by atoms with E-state index in [-0.39, 0.29) is 18.1 Å². The van der Waals surface area contributed by atoms with Gasteiger partial charge in [-0.1, -0.05) is 6.92 Å². The summed E-state index contributed by atoms with van der Waals surface area (Å²) >= 11 is 0. The topological polar surface area (TPSA) is 89.9 Å². The Kier molecular flexibility index (Phi) is 7.27. The maximum Gasteiger partial charge on any atom is 0.307 e. The van der Waals surface area contributed by atoms with Gasteiger partial charge in [-0.25, -0.2) is 8.42 Å². The van der Waals surface area contributed by atoms with Crippen LogP contribution in [0.4, 0.5) is 0 Å². The Labute approximate surface area is 95.5 Å². The van der Waals surface area contributed by atoms with Crippen molar-refractivity contribution in [3.05, 3.63) is 0 Å². The van der Waals surface area contributed by atoms with Crippen LogP contribution in [0, 0.1) is 5.92 Å². The fourth-order valence-corrected chi connectivity index (χ4v) is 2.41. The minimum Gasteiger partial charge on any atom is -0.481 e. The summed E-state index contributed by atoms with van der Waals surface area (Å²) in [6.07, 6.45) is 0. The van der Waals surface area contributed by atoms with Gasteiger partial charge in [-0.3, -0.25) is 4.79 Å². The molecule has 0 bridgehead atoms. The van der Waals surface area contributed by atoms with Crippen LogP contribution in [0.1, 0.15) is 6.92 Å². The van der Waals surface area contributed by atoms with E-state index >= 15 is 0 Å².